The molecule has 2 heteroatoms. The molecule has 0 heterocycles. The van der Waals surface area contributed by atoms with Crippen LogP contribution in [-0.2, 0) is 0 Å². The lowest BCUT2D eigenvalue weighted by Crippen LogP contribution is -2.24. The molecule has 0 radical (unpaired) electrons. The molecule has 0 amide bonds. The number of benzene rings is 2. The minimum atomic E-state index is 0.659. The lowest BCUT2D eigenvalue weighted by molar-refractivity contribution is 0.147. The summed E-state index contributed by atoms with van der Waals surface area (Å²) in [6.45, 7) is 19.2. The topological polar surface area (TPSA) is 18.5 Å². The Hall–Kier alpha value is -1.96. The maximum Gasteiger partial charge on any atom is 0.125 e. The Labute approximate surface area is 184 Å². The molecule has 1 aliphatic carbocycles. The Bertz CT molecular complexity index is 902. The van der Waals surface area contributed by atoms with Crippen molar-refractivity contribution in [1.82, 2.24) is 0 Å². The second-order valence-electron chi connectivity index (χ2n) is 9.66. The molecule has 1 fully saturated rings. The maximum absolute atomic E-state index is 6.33. The third-order valence-electron chi connectivity index (χ3n) is 7.62. The molecule has 0 spiro atoms. The van der Waals surface area contributed by atoms with E-state index in [0.29, 0.717) is 11.8 Å². The van der Waals surface area contributed by atoms with Gasteiger partial charge in [0.2, 0.25) is 0 Å². The number of hydrogen-bond donors (Lipinski definition) is 0. The van der Waals surface area contributed by atoms with Gasteiger partial charge in [0.25, 0.3) is 0 Å². The van der Waals surface area contributed by atoms with Crippen molar-refractivity contribution < 1.29 is 9.47 Å². The molecule has 2 nitrogen and oxygen atoms in total. The second-order valence-corrected chi connectivity index (χ2v) is 9.66. The van der Waals surface area contributed by atoms with Gasteiger partial charge in [-0.05, 0) is 143 Å². The highest BCUT2D eigenvalue weighted by atomic mass is 16.5. The zero-order valence-electron chi connectivity index (χ0n) is 20.4. The summed E-state index contributed by atoms with van der Waals surface area (Å²) >= 11 is 0. The van der Waals surface area contributed by atoms with Crippen molar-refractivity contribution in [2.24, 2.45) is 11.8 Å². The fourth-order valence-electron chi connectivity index (χ4n) is 4.78. The molecule has 2 aromatic rings. The summed E-state index contributed by atoms with van der Waals surface area (Å²) < 4.78 is 12.6. The van der Waals surface area contributed by atoms with E-state index in [1.807, 2.05) is 0 Å². The van der Waals surface area contributed by atoms with E-state index in [1.54, 1.807) is 0 Å². The predicted molar refractivity (Wildman–Crippen MR) is 127 cm³/mol. The molecule has 1 saturated carbocycles. The van der Waals surface area contributed by atoms with Crippen LogP contribution in [0.4, 0.5) is 0 Å². The highest BCUT2D eigenvalue weighted by Gasteiger charge is 2.23. The summed E-state index contributed by atoms with van der Waals surface area (Å²) in [5.41, 5.74) is 10.6. The first kappa shape index (κ1) is 22.7. The monoisotopic (exact) mass is 408 g/mol. The molecule has 30 heavy (non-hydrogen) atoms. The van der Waals surface area contributed by atoms with Gasteiger partial charge in [-0.2, -0.15) is 0 Å². The van der Waals surface area contributed by atoms with Crippen molar-refractivity contribution >= 4 is 0 Å². The summed E-state index contributed by atoms with van der Waals surface area (Å²) in [4.78, 5) is 0. The van der Waals surface area contributed by atoms with Gasteiger partial charge < -0.3 is 9.47 Å². The molecule has 3 rings (SSSR count). The molecule has 0 aliphatic heterocycles. The highest BCUT2D eigenvalue weighted by Crippen LogP contribution is 2.34. The number of aryl methyl sites for hydroxylation is 3. The van der Waals surface area contributed by atoms with Crippen molar-refractivity contribution in [2.45, 2.75) is 81.1 Å². The Morgan fingerprint density at radius 1 is 0.567 bits per heavy atom. The van der Waals surface area contributed by atoms with Crippen LogP contribution in [0.25, 0.3) is 0 Å². The molecular formula is C28H40O2. The Balaban J connectivity index is 1.50. The van der Waals surface area contributed by atoms with Crippen molar-refractivity contribution in [3.05, 3.63) is 56.6 Å². The minimum Gasteiger partial charge on any atom is -0.493 e. The van der Waals surface area contributed by atoms with Crippen LogP contribution in [0.2, 0.25) is 0 Å². The summed E-state index contributed by atoms with van der Waals surface area (Å²) in [7, 11) is 0. The zero-order valence-corrected chi connectivity index (χ0v) is 20.4. The van der Waals surface area contributed by atoms with Crippen LogP contribution in [0, 0.1) is 67.2 Å². The van der Waals surface area contributed by atoms with Crippen LogP contribution in [0.15, 0.2) is 12.1 Å². The SMILES string of the molecule is Cc1cc(OCC2CCC(COc3c(C)cc(C)c(C)c3C)CC2)c(C)c(C)c1C. The van der Waals surface area contributed by atoms with Gasteiger partial charge in [-0.25, -0.2) is 0 Å². The number of rotatable bonds is 6. The first-order chi connectivity index (χ1) is 14.2. The average Bonchev–Trinajstić information content (AvgIpc) is 2.73. The van der Waals surface area contributed by atoms with Crippen molar-refractivity contribution in [3.63, 3.8) is 0 Å². The van der Waals surface area contributed by atoms with Crippen LogP contribution in [0.5, 0.6) is 11.5 Å². The first-order valence-electron chi connectivity index (χ1n) is 11.6. The number of hydrogen-bond acceptors (Lipinski definition) is 2. The molecule has 0 aromatic heterocycles. The Kier molecular flexibility index (Phi) is 7.16. The van der Waals surface area contributed by atoms with E-state index in [-0.39, 0.29) is 0 Å². The molecule has 0 atom stereocenters. The number of ether oxygens (including phenoxy) is 2. The molecule has 1 aliphatic rings. The molecule has 0 bridgehead atoms. The van der Waals surface area contributed by atoms with Crippen molar-refractivity contribution in [2.75, 3.05) is 13.2 Å². The van der Waals surface area contributed by atoms with Gasteiger partial charge in [-0.1, -0.05) is 6.07 Å². The van der Waals surface area contributed by atoms with Crippen molar-refractivity contribution in [3.8, 4) is 11.5 Å². The second kappa shape index (κ2) is 9.45. The van der Waals surface area contributed by atoms with Gasteiger partial charge in [0.15, 0.2) is 0 Å². The van der Waals surface area contributed by atoms with E-state index in [0.717, 1.165) is 24.7 Å². The fourth-order valence-corrected chi connectivity index (χ4v) is 4.78. The quantitative estimate of drug-likeness (QED) is 0.495. The Morgan fingerprint density at radius 3 is 1.67 bits per heavy atom. The zero-order chi connectivity index (χ0) is 22.0. The smallest absolute Gasteiger partial charge is 0.125 e. The van der Waals surface area contributed by atoms with E-state index in [1.165, 1.54) is 70.2 Å². The average molecular weight is 409 g/mol. The predicted octanol–water partition coefficient (Wildman–Crippen LogP) is 7.42. The maximum atomic E-state index is 6.33. The van der Waals surface area contributed by atoms with E-state index in [2.05, 4.69) is 67.5 Å². The van der Waals surface area contributed by atoms with Gasteiger partial charge in [0.05, 0.1) is 13.2 Å². The van der Waals surface area contributed by atoms with Crippen LogP contribution in [-0.4, -0.2) is 13.2 Å². The third-order valence-corrected chi connectivity index (χ3v) is 7.62. The fraction of sp³-hybridized carbons (Fsp3) is 0.571. The summed E-state index contributed by atoms with van der Waals surface area (Å²) in [6.07, 6.45) is 4.95. The highest BCUT2D eigenvalue weighted by molar-refractivity contribution is 5.49. The lowest BCUT2D eigenvalue weighted by atomic mass is 9.83. The van der Waals surface area contributed by atoms with E-state index < -0.39 is 0 Å². The van der Waals surface area contributed by atoms with E-state index in [4.69, 9.17) is 9.47 Å². The van der Waals surface area contributed by atoms with Crippen LogP contribution in [0.1, 0.15) is 70.2 Å². The van der Waals surface area contributed by atoms with Gasteiger partial charge >= 0.3 is 0 Å². The largest absolute Gasteiger partial charge is 0.493 e. The first-order valence-corrected chi connectivity index (χ1v) is 11.6. The van der Waals surface area contributed by atoms with E-state index in [9.17, 15) is 0 Å². The lowest BCUT2D eigenvalue weighted by Gasteiger charge is -2.29. The van der Waals surface area contributed by atoms with Crippen LogP contribution < -0.4 is 9.47 Å². The van der Waals surface area contributed by atoms with Gasteiger partial charge in [0, 0.05) is 0 Å². The Morgan fingerprint density at radius 2 is 1.07 bits per heavy atom. The minimum absolute atomic E-state index is 0.659. The van der Waals surface area contributed by atoms with Gasteiger partial charge in [-0.3, -0.25) is 0 Å². The van der Waals surface area contributed by atoms with E-state index >= 15 is 0 Å². The normalized spacial score (nSPS) is 19.1. The molecular weight excluding hydrogens is 368 g/mol. The third kappa shape index (κ3) is 4.85. The summed E-state index contributed by atoms with van der Waals surface area (Å²) in [5.74, 6) is 3.49. The molecule has 0 unspecified atom stereocenters. The van der Waals surface area contributed by atoms with Crippen LogP contribution >= 0.6 is 0 Å². The van der Waals surface area contributed by atoms with Gasteiger partial charge in [0.1, 0.15) is 11.5 Å². The van der Waals surface area contributed by atoms with Crippen molar-refractivity contribution in [1.29, 1.82) is 0 Å². The molecule has 164 valence electrons. The molecule has 0 N–H and O–H groups in total. The van der Waals surface area contributed by atoms with Gasteiger partial charge in [-0.15, -0.1) is 0 Å². The molecule has 2 aromatic carbocycles. The standard InChI is InChI=1S/C28H40O2/c1-17-13-19(3)28(24(8)21(17)5)30-16-26-11-9-25(10-12-26)15-29-27-14-18(2)20(4)22(6)23(27)7/h13-14,25-26H,9-12,15-16H2,1-8H3. The van der Waals surface area contributed by atoms with Crippen LogP contribution in [0.3, 0.4) is 0 Å². The summed E-state index contributed by atoms with van der Waals surface area (Å²) in [5, 5.41) is 0. The summed E-state index contributed by atoms with van der Waals surface area (Å²) in [6, 6.07) is 4.47. The molecule has 0 saturated heterocycles.